The van der Waals surface area contributed by atoms with E-state index in [4.69, 9.17) is 9.97 Å². The van der Waals surface area contributed by atoms with Crippen molar-refractivity contribution in [1.82, 2.24) is 24.1 Å². The van der Waals surface area contributed by atoms with Crippen molar-refractivity contribution >= 4 is 16.7 Å². The molecule has 0 aliphatic rings. The third-order valence-electron chi connectivity index (χ3n) is 5.89. The van der Waals surface area contributed by atoms with Gasteiger partial charge in [-0.25, -0.2) is 14.5 Å². The lowest BCUT2D eigenvalue weighted by Gasteiger charge is -2.10. The average molecular weight is 381 g/mol. The van der Waals surface area contributed by atoms with E-state index in [2.05, 4.69) is 86.7 Å². The lowest BCUT2D eigenvalue weighted by Crippen LogP contribution is -2.00. The quantitative estimate of drug-likeness (QED) is 0.418. The Morgan fingerprint density at radius 2 is 1.55 bits per heavy atom. The molecule has 0 radical (unpaired) electrons. The lowest BCUT2D eigenvalue weighted by atomic mass is 10.1. The molecular weight excluding hydrogens is 358 g/mol. The van der Waals surface area contributed by atoms with Gasteiger partial charge in [0.15, 0.2) is 17.1 Å². The molecule has 5 nitrogen and oxygen atoms in total. The van der Waals surface area contributed by atoms with Crippen molar-refractivity contribution in [1.29, 1.82) is 0 Å². The molecule has 3 aromatic heterocycles. The molecule has 0 saturated carbocycles. The van der Waals surface area contributed by atoms with Gasteiger partial charge in [-0.1, -0.05) is 35.9 Å². The number of aryl methyl sites for hydroxylation is 4. The summed E-state index contributed by atoms with van der Waals surface area (Å²) < 4.78 is 4.01. The Kier molecular flexibility index (Phi) is 3.81. The Balaban J connectivity index is 1.77. The molecular formula is C24H23N5. The summed E-state index contributed by atoms with van der Waals surface area (Å²) in [6.45, 7) is 10.6. The van der Waals surface area contributed by atoms with Crippen LogP contribution in [0.15, 0.2) is 48.8 Å². The van der Waals surface area contributed by atoms with Crippen molar-refractivity contribution < 1.29 is 0 Å². The molecule has 29 heavy (non-hydrogen) atoms. The minimum absolute atomic E-state index is 0.718. The van der Waals surface area contributed by atoms with Gasteiger partial charge in [0.2, 0.25) is 0 Å². The summed E-state index contributed by atoms with van der Waals surface area (Å²) in [6, 6.07) is 14.8. The van der Waals surface area contributed by atoms with Gasteiger partial charge < -0.3 is 0 Å². The summed E-state index contributed by atoms with van der Waals surface area (Å²) in [5, 5.41) is 5.73. The fraction of sp³-hybridized carbons (Fsp3) is 0.208. The number of benzene rings is 2. The minimum atomic E-state index is 0.718. The van der Waals surface area contributed by atoms with Crippen molar-refractivity contribution in [3.63, 3.8) is 0 Å². The van der Waals surface area contributed by atoms with Crippen molar-refractivity contribution in [3.8, 4) is 17.1 Å². The number of fused-ring (bicyclic) bond motifs is 3. The smallest absolute Gasteiger partial charge is 0.182 e. The summed E-state index contributed by atoms with van der Waals surface area (Å²) in [7, 11) is 0. The first-order chi connectivity index (χ1) is 13.9. The second-order valence-corrected chi connectivity index (χ2v) is 7.83. The van der Waals surface area contributed by atoms with Gasteiger partial charge in [-0.2, -0.15) is 0 Å². The van der Waals surface area contributed by atoms with Gasteiger partial charge in [0.05, 0.1) is 5.39 Å². The molecule has 144 valence electrons. The molecule has 0 amide bonds. The number of hydrogen-bond donors (Lipinski definition) is 0. The number of aromatic nitrogens is 5. The molecule has 0 aliphatic carbocycles. The van der Waals surface area contributed by atoms with Crippen LogP contribution >= 0.6 is 0 Å². The molecule has 0 N–H and O–H groups in total. The Labute approximate surface area is 169 Å². The molecule has 0 aliphatic heterocycles. The second kappa shape index (κ2) is 6.27. The van der Waals surface area contributed by atoms with E-state index in [-0.39, 0.29) is 0 Å². The van der Waals surface area contributed by atoms with Crippen LogP contribution in [0.25, 0.3) is 33.8 Å². The molecule has 0 saturated heterocycles. The van der Waals surface area contributed by atoms with Gasteiger partial charge in [-0.3, -0.25) is 4.57 Å². The molecule has 5 rings (SSSR count). The van der Waals surface area contributed by atoms with Crippen LogP contribution in [0.4, 0.5) is 0 Å². The van der Waals surface area contributed by atoms with Gasteiger partial charge in [0.1, 0.15) is 6.33 Å². The Bertz CT molecular complexity index is 1390. The number of hydrogen-bond acceptors (Lipinski definition) is 3. The van der Waals surface area contributed by atoms with E-state index in [0.29, 0.717) is 0 Å². The molecule has 0 bridgehead atoms. The average Bonchev–Trinajstić information content (AvgIpc) is 3.24. The number of rotatable bonds is 2. The molecule has 5 heteroatoms. The van der Waals surface area contributed by atoms with Crippen LogP contribution in [0.3, 0.4) is 0 Å². The van der Waals surface area contributed by atoms with Crippen LogP contribution in [0.2, 0.25) is 0 Å². The first kappa shape index (κ1) is 17.6. The number of nitrogens with zero attached hydrogens (tertiary/aromatic N) is 5. The highest BCUT2D eigenvalue weighted by Crippen LogP contribution is 2.31. The topological polar surface area (TPSA) is 48.0 Å². The predicted molar refractivity (Wildman–Crippen MR) is 117 cm³/mol. The third-order valence-corrected chi connectivity index (χ3v) is 5.89. The minimum Gasteiger partial charge on any atom is -0.298 e. The predicted octanol–water partition coefficient (Wildman–Crippen LogP) is 5.28. The fourth-order valence-corrected chi connectivity index (χ4v) is 3.87. The zero-order valence-corrected chi connectivity index (χ0v) is 17.4. The summed E-state index contributed by atoms with van der Waals surface area (Å²) in [5.74, 6) is 0.718. The molecule has 0 atom stereocenters. The van der Waals surface area contributed by atoms with Crippen LogP contribution in [-0.4, -0.2) is 24.1 Å². The van der Waals surface area contributed by atoms with Crippen LogP contribution < -0.4 is 0 Å². The van der Waals surface area contributed by atoms with Crippen molar-refractivity contribution in [3.05, 3.63) is 76.7 Å². The van der Waals surface area contributed by atoms with Crippen LogP contribution in [0.5, 0.6) is 0 Å². The summed E-state index contributed by atoms with van der Waals surface area (Å²) in [4.78, 5) is 9.64. The molecule has 0 fully saturated rings. The van der Waals surface area contributed by atoms with Gasteiger partial charge >= 0.3 is 0 Å². The highest BCUT2D eigenvalue weighted by molar-refractivity contribution is 5.95. The lowest BCUT2D eigenvalue weighted by molar-refractivity contribution is 0.926. The van der Waals surface area contributed by atoms with E-state index in [0.717, 1.165) is 33.8 Å². The fourth-order valence-electron chi connectivity index (χ4n) is 3.87. The first-order valence-electron chi connectivity index (χ1n) is 9.81. The maximum Gasteiger partial charge on any atom is 0.182 e. The van der Waals surface area contributed by atoms with Gasteiger partial charge in [-0.15, -0.1) is 5.10 Å². The monoisotopic (exact) mass is 381 g/mol. The zero-order valence-electron chi connectivity index (χ0n) is 17.4. The molecule has 2 aromatic carbocycles. The molecule has 0 unspecified atom stereocenters. The summed E-state index contributed by atoms with van der Waals surface area (Å²) in [5.41, 5.74) is 10.0. The van der Waals surface area contributed by atoms with Gasteiger partial charge in [0, 0.05) is 16.9 Å². The molecule has 3 heterocycles. The van der Waals surface area contributed by atoms with Gasteiger partial charge in [0.25, 0.3) is 0 Å². The van der Waals surface area contributed by atoms with E-state index in [9.17, 15) is 0 Å². The maximum absolute atomic E-state index is 4.88. The van der Waals surface area contributed by atoms with E-state index >= 15 is 0 Å². The Morgan fingerprint density at radius 3 is 2.28 bits per heavy atom. The van der Waals surface area contributed by atoms with Crippen molar-refractivity contribution in [2.45, 2.75) is 34.6 Å². The highest BCUT2D eigenvalue weighted by Gasteiger charge is 2.19. The third kappa shape index (κ3) is 2.65. The van der Waals surface area contributed by atoms with Crippen LogP contribution in [0.1, 0.15) is 27.9 Å². The van der Waals surface area contributed by atoms with E-state index in [1.54, 1.807) is 10.8 Å². The standard InChI is InChI=1S/C24H23N5/c1-14-6-9-19(10-7-14)22-26-24-21-17(4)18(5)29(23(21)25-13-28(24)27-22)20-11-8-15(2)16(3)12-20/h6-13H,1-5H3. The van der Waals surface area contributed by atoms with E-state index in [1.165, 1.54) is 27.9 Å². The first-order valence-corrected chi connectivity index (χ1v) is 9.81. The summed E-state index contributed by atoms with van der Waals surface area (Å²) >= 11 is 0. The SMILES string of the molecule is Cc1ccc(-c2nc3c4c(C)c(C)n(-c5ccc(C)c(C)c5)c4ncn3n2)cc1. The zero-order chi connectivity index (χ0) is 20.3. The van der Waals surface area contributed by atoms with Crippen molar-refractivity contribution in [2.75, 3.05) is 0 Å². The van der Waals surface area contributed by atoms with Crippen LogP contribution in [0, 0.1) is 34.6 Å². The van der Waals surface area contributed by atoms with Gasteiger partial charge in [-0.05, 0) is 63.4 Å². The van der Waals surface area contributed by atoms with E-state index < -0.39 is 0 Å². The molecule has 5 aromatic rings. The largest absolute Gasteiger partial charge is 0.298 e. The van der Waals surface area contributed by atoms with Crippen molar-refractivity contribution in [2.24, 2.45) is 0 Å². The van der Waals surface area contributed by atoms with E-state index in [1.807, 2.05) is 0 Å². The maximum atomic E-state index is 4.88. The Morgan fingerprint density at radius 1 is 0.793 bits per heavy atom. The highest BCUT2D eigenvalue weighted by atomic mass is 15.3. The summed E-state index contributed by atoms with van der Waals surface area (Å²) in [6.07, 6.45) is 1.76. The van der Waals surface area contributed by atoms with Crippen LogP contribution in [-0.2, 0) is 0 Å². The second-order valence-electron chi connectivity index (χ2n) is 7.83. The molecule has 0 spiro atoms. The Hall–Kier alpha value is -3.47. The normalized spacial score (nSPS) is 11.6.